The summed E-state index contributed by atoms with van der Waals surface area (Å²) in [7, 11) is 0. The highest BCUT2D eigenvalue weighted by Crippen LogP contribution is 2.35. The number of benzene rings is 2. The summed E-state index contributed by atoms with van der Waals surface area (Å²) < 4.78 is 9.53. The minimum atomic E-state index is -0.195. The Morgan fingerprint density at radius 1 is 0.712 bits per heavy atom. The summed E-state index contributed by atoms with van der Waals surface area (Å²) >= 11 is 14.4. The Morgan fingerprint density at radius 3 is 1.56 bits per heavy atom. The lowest BCUT2D eigenvalue weighted by Crippen LogP contribution is -2.17. The van der Waals surface area contributed by atoms with Gasteiger partial charge in [0.15, 0.2) is 5.78 Å². The molecule has 52 heavy (non-hydrogen) atoms. The second-order valence-corrected chi connectivity index (χ2v) is 13.7. The predicted molar refractivity (Wildman–Crippen MR) is 215 cm³/mol. The van der Waals surface area contributed by atoms with Crippen LogP contribution in [-0.4, -0.2) is 41.5 Å². The Balaban J connectivity index is 0.000000194. The molecule has 0 saturated carbocycles. The monoisotopic (exact) mass is 770 g/mol. The van der Waals surface area contributed by atoms with Gasteiger partial charge in [-0.2, -0.15) is 0 Å². The predicted octanol–water partition coefficient (Wildman–Crippen LogP) is 9.78. The van der Waals surface area contributed by atoms with Gasteiger partial charge in [0.1, 0.15) is 37.5 Å². The first-order valence-electron chi connectivity index (χ1n) is 15.1. The number of Topliss-reactive ketones (excluding diaryl/α,β-unsaturated/α-hetero) is 1. The van der Waals surface area contributed by atoms with E-state index < -0.39 is 0 Å². The lowest BCUT2D eigenvalue weighted by molar-refractivity contribution is 0.101. The fourth-order valence-electron chi connectivity index (χ4n) is 5.45. The molecule has 0 fully saturated rings. The normalized spacial score (nSPS) is 10.8. The van der Waals surface area contributed by atoms with Gasteiger partial charge in [-0.25, -0.2) is 19.9 Å². The van der Waals surface area contributed by atoms with E-state index in [4.69, 9.17) is 27.9 Å². The van der Waals surface area contributed by atoms with E-state index >= 15 is 0 Å². The van der Waals surface area contributed by atoms with Crippen LogP contribution in [0.1, 0.15) is 44.6 Å². The number of ether oxygens (including phenoxy) is 1. The van der Waals surface area contributed by atoms with Crippen molar-refractivity contribution in [2.24, 2.45) is 0 Å². The summed E-state index contributed by atoms with van der Waals surface area (Å²) in [6, 6.07) is 17.5. The molecule has 0 N–H and O–H groups in total. The van der Waals surface area contributed by atoms with Crippen molar-refractivity contribution in [3.8, 4) is 11.4 Å². The minimum absolute atomic E-state index is 0. The molecule has 8 rings (SSSR count). The molecule has 0 bridgehead atoms. The maximum Gasteiger partial charge on any atom is 0.275 e. The third kappa shape index (κ3) is 6.85. The Kier molecular flexibility index (Phi) is 11.3. The smallest absolute Gasteiger partial charge is 0.275 e. The summed E-state index contributed by atoms with van der Waals surface area (Å²) in [4.78, 5) is 56.7. The zero-order valence-electron chi connectivity index (χ0n) is 26.4. The number of ketones is 1. The molecule has 6 aromatic heterocycles. The van der Waals surface area contributed by atoms with E-state index in [1.54, 1.807) is 67.0 Å². The summed E-state index contributed by atoms with van der Waals surface area (Å²) in [6.45, 7) is 7.89. The number of carbonyl (C=O) groups excluding carboxylic acids is 1. The molecule has 0 aliphatic rings. The average Bonchev–Trinajstić information content (AvgIpc) is 3.70. The number of carbonyl (C=O) groups is 1. The molecular weight excluding hydrogens is 739 g/mol. The fraction of sp³-hybridized carbons (Fsp3) is 0.132. The van der Waals surface area contributed by atoms with Gasteiger partial charge in [-0.05, 0) is 74.5 Å². The van der Waals surface area contributed by atoms with Gasteiger partial charge in [0, 0.05) is 44.3 Å². The van der Waals surface area contributed by atoms with Crippen molar-refractivity contribution in [3.63, 3.8) is 0 Å². The number of nitrogens with zero attached hydrogens (tertiary/aromatic N) is 6. The molecule has 264 valence electrons. The molecular formula is C38H32Cl2N6O4S2. The van der Waals surface area contributed by atoms with Gasteiger partial charge in [-0.1, -0.05) is 44.6 Å². The van der Waals surface area contributed by atoms with Crippen LogP contribution in [0.15, 0.2) is 102 Å². The summed E-state index contributed by atoms with van der Waals surface area (Å²) in [5, 5.41) is 2.65. The lowest BCUT2D eigenvalue weighted by Gasteiger charge is -2.08. The zero-order valence-corrected chi connectivity index (χ0v) is 29.5. The first kappa shape index (κ1) is 38.0. The van der Waals surface area contributed by atoms with E-state index in [1.807, 2.05) is 13.0 Å². The standard InChI is InChI=1S/C19H14ClN3O2S.C17H10ClN3O2S.2CH4/c1-3-25-11(2)14-8-9-21-18-15(14)16-17(26-18)19(24)23(10-22-16)13-6-4-12(20)5-7-13;1-9(22)12-6-7-19-16-13(12)14-15(24-16)17(23)21(8-20-14)11-4-2-10(18)3-5-11;;/h4-10H,2-3H2,1H3;2-8H,1H3;2*1H4. The van der Waals surface area contributed by atoms with Crippen molar-refractivity contribution in [1.29, 1.82) is 0 Å². The van der Waals surface area contributed by atoms with Crippen molar-refractivity contribution in [3.05, 3.63) is 134 Å². The second-order valence-electron chi connectivity index (χ2n) is 10.8. The third-order valence-electron chi connectivity index (χ3n) is 7.77. The van der Waals surface area contributed by atoms with E-state index in [0.717, 1.165) is 15.8 Å². The largest absolute Gasteiger partial charge is 0.494 e. The molecule has 0 atom stereocenters. The maximum atomic E-state index is 13.0. The number of fused-ring (bicyclic) bond motifs is 6. The van der Waals surface area contributed by atoms with Crippen LogP contribution < -0.4 is 11.1 Å². The van der Waals surface area contributed by atoms with Crippen molar-refractivity contribution in [1.82, 2.24) is 29.1 Å². The van der Waals surface area contributed by atoms with Crippen molar-refractivity contribution in [2.45, 2.75) is 28.7 Å². The zero-order chi connectivity index (χ0) is 35.1. The lowest BCUT2D eigenvalue weighted by atomic mass is 10.1. The van der Waals surface area contributed by atoms with E-state index in [2.05, 4.69) is 26.5 Å². The molecule has 0 aliphatic heterocycles. The molecule has 0 spiro atoms. The summed E-state index contributed by atoms with van der Waals surface area (Å²) in [5.41, 5.74) is 3.51. The molecule has 0 saturated heterocycles. The Labute approximate surface area is 316 Å². The SMILES string of the molecule is C.C.C=C(OCC)c1ccnc2sc3c(=O)n(-c4ccc(Cl)cc4)cnc3c12.CC(=O)c1ccnc2sc3c(=O)n(-c4ccc(Cl)cc4)cnc3c12. The highest BCUT2D eigenvalue weighted by Gasteiger charge is 2.19. The van der Waals surface area contributed by atoms with Crippen LogP contribution in [-0.2, 0) is 4.74 Å². The minimum Gasteiger partial charge on any atom is -0.494 e. The molecule has 0 radical (unpaired) electrons. The first-order valence-corrected chi connectivity index (χ1v) is 17.5. The molecule has 0 unspecified atom stereocenters. The number of halogens is 2. The number of thiophene rings is 2. The Hall–Kier alpha value is -5.27. The van der Waals surface area contributed by atoms with Gasteiger partial charge >= 0.3 is 0 Å². The van der Waals surface area contributed by atoms with Crippen LogP contribution in [0.5, 0.6) is 0 Å². The Morgan fingerprint density at radius 2 is 1.13 bits per heavy atom. The Bertz CT molecular complexity index is 2740. The van der Waals surface area contributed by atoms with E-state index in [-0.39, 0.29) is 31.8 Å². The number of hydrogen-bond acceptors (Lipinski definition) is 10. The second kappa shape index (κ2) is 15.5. The van der Waals surface area contributed by atoms with E-state index in [0.29, 0.717) is 70.0 Å². The highest BCUT2D eigenvalue weighted by atomic mass is 35.5. The van der Waals surface area contributed by atoms with Gasteiger partial charge in [0.05, 0.1) is 29.0 Å². The molecule has 0 aliphatic carbocycles. The summed E-state index contributed by atoms with van der Waals surface area (Å²) in [5.74, 6) is 0.467. The molecule has 10 nitrogen and oxygen atoms in total. The van der Waals surface area contributed by atoms with Crippen LogP contribution in [0.4, 0.5) is 0 Å². The van der Waals surface area contributed by atoms with Gasteiger partial charge < -0.3 is 4.74 Å². The van der Waals surface area contributed by atoms with E-state index in [9.17, 15) is 14.4 Å². The van der Waals surface area contributed by atoms with Gasteiger partial charge in [0.2, 0.25) is 0 Å². The highest BCUT2D eigenvalue weighted by molar-refractivity contribution is 7.25. The van der Waals surface area contributed by atoms with Crippen LogP contribution in [0.25, 0.3) is 58.0 Å². The van der Waals surface area contributed by atoms with Crippen LogP contribution in [0.2, 0.25) is 10.0 Å². The van der Waals surface area contributed by atoms with Crippen LogP contribution >= 0.6 is 45.9 Å². The quantitative estimate of drug-likeness (QED) is 0.121. The van der Waals surface area contributed by atoms with Crippen molar-refractivity contribution in [2.75, 3.05) is 6.61 Å². The van der Waals surface area contributed by atoms with Crippen LogP contribution in [0, 0.1) is 0 Å². The molecule has 14 heteroatoms. The van der Waals surface area contributed by atoms with E-state index in [1.165, 1.54) is 51.4 Å². The topological polar surface area (TPSA) is 122 Å². The fourth-order valence-corrected chi connectivity index (χ4v) is 7.81. The van der Waals surface area contributed by atoms with Gasteiger partial charge in [-0.3, -0.25) is 23.5 Å². The number of aromatic nitrogens is 6. The number of rotatable bonds is 6. The first-order chi connectivity index (χ1) is 24.2. The molecule has 2 aromatic carbocycles. The average molecular weight is 772 g/mol. The maximum absolute atomic E-state index is 13.0. The van der Waals surface area contributed by atoms with Gasteiger partial charge in [0.25, 0.3) is 11.1 Å². The number of pyridine rings is 2. The van der Waals surface area contributed by atoms with Crippen molar-refractivity contribution < 1.29 is 9.53 Å². The van der Waals surface area contributed by atoms with Gasteiger partial charge in [-0.15, -0.1) is 22.7 Å². The third-order valence-corrected chi connectivity index (χ3v) is 10.4. The summed E-state index contributed by atoms with van der Waals surface area (Å²) in [6.07, 6.45) is 6.26. The van der Waals surface area contributed by atoms with Crippen molar-refractivity contribution >= 4 is 98.3 Å². The molecule has 0 amide bonds. The molecule has 8 aromatic rings. The molecule has 6 heterocycles. The number of hydrogen-bond donors (Lipinski definition) is 0. The van der Waals surface area contributed by atoms with Crippen LogP contribution in [0.3, 0.4) is 0 Å².